The number of nitrogens with zero attached hydrogens (tertiary/aromatic N) is 1. The molecule has 2 aromatic carbocycles. The number of hydrogen-bond donors (Lipinski definition) is 1. The predicted molar refractivity (Wildman–Crippen MR) is 115 cm³/mol. The molecule has 0 unspecified atom stereocenters. The zero-order valence-electron chi connectivity index (χ0n) is 16.4. The van der Waals surface area contributed by atoms with Gasteiger partial charge >= 0.3 is 0 Å². The Morgan fingerprint density at radius 1 is 1.07 bits per heavy atom. The van der Waals surface area contributed by atoms with Crippen LogP contribution in [0.2, 0.25) is 0 Å². The first-order valence-corrected chi connectivity index (χ1v) is 10.9. The average molecular weight is 417 g/mol. The van der Waals surface area contributed by atoms with Crippen LogP contribution in [0.4, 0.5) is 5.69 Å². The highest BCUT2D eigenvalue weighted by atomic mass is 32.1. The molecule has 3 aliphatic heterocycles. The third kappa shape index (κ3) is 1.91. The van der Waals surface area contributed by atoms with Crippen LogP contribution in [-0.4, -0.2) is 36.8 Å². The molecule has 6 heteroatoms. The molecule has 1 amide bonds. The summed E-state index contributed by atoms with van der Waals surface area (Å²) in [4.78, 5) is 31.2. The number of anilines is 1. The van der Waals surface area contributed by atoms with Crippen molar-refractivity contribution >= 4 is 28.7 Å². The van der Waals surface area contributed by atoms with Gasteiger partial charge in [-0.2, -0.15) is 0 Å². The van der Waals surface area contributed by atoms with Gasteiger partial charge in [0.05, 0.1) is 5.56 Å². The van der Waals surface area contributed by atoms with Crippen LogP contribution in [0.3, 0.4) is 0 Å². The highest BCUT2D eigenvalue weighted by Gasteiger charge is 2.75. The van der Waals surface area contributed by atoms with E-state index >= 15 is 0 Å². The second kappa shape index (κ2) is 6.03. The summed E-state index contributed by atoms with van der Waals surface area (Å²) in [6.07, 6.45) is 0. The summed E-state index contributed by atoms with van der Waals surface area (Å²) in [5, 5.41) is 5.08. The first-order valence-electron chi connectivity index (χ1n) is 10.0. The Labute approximate surface area is 178 Å². The van der Waals surface area contributed by atoms with Crippen LogP contribution in [0.25, 0.3) is 0 Å². The fourth-order valence-electron chi connectivity index (χ4n) is 5.85. The second-order valence-electron chi connectivity index (χ2n) is 8.24. The molecule has 0 saturated carbocycles. The molecule has 3 aliphatic rings. The average Bonchev–Trinajstić information content (AvgIpc) is 3.45. The van der Waals surface area contributed by atoms with E-state index in [0.717, 1.165) is 16.1 Å². The lowest BCUT2D eigenvalue weighted by Crippen LogP contribution is -2.62. The number of ketones is 1. The van der Waals surface area contributed by atoms with E-state index in [0.29, 0.717) is 17.9 Å². The number of likely N-dealkylation sites (tertiary alicyclic amines) is 1. The van der Waals surface area contributed by atoms with Gasteiger partial charge in [-0.25, -0.2) is 0 Å². The fourth-order valence-corrected chi connectivity index (χ4v) is 6.76. The molecule has 1 N–H and O–H groups in total. The maximum Gasteiger partial charge on any atom is 0.250 e. The van der Waals surface area contributed by atoms with Crippen molar-refractivity contribution in [1.82, 2.24) is 4.90 Å². The number of fused-ring (bicyclic) bond motifs is 4. The molecule has 3 aromatic rings. The SMILES string of the molecule is CN1C[C@@H](c2cccs2)[C@]2(COc3ccccc3C2=O)[C@]12C(=O)Nc1ccccc12. The lowest BCUT2D eigenvalue weighted by atomic mass is 9.58. The van der Waals surface area contributed by atoms with Gasteiger partial charge in [0.15, 0.2) is 5.78 Å². The van der Waals surface area contributed by atoms with Crippen molar-refractivity contribution in [2.75, 3.05) is 25.5 Å². The molecule has 1 aromatic heterocycles. The fraction of sp³-hybridized carbons (Fsp3) is 0.250. The number of nitrogens with one attached hydrogen (secondary N) is 1. The molecule has 0 aliphatic carbocycles. The topological polar surface area (TPSA) is 58.6 Å². The maximum absolute atomic E-state index is 14.3. The largest absolute Gasteiger partial charge is 0.492 e. The number of carbonyl (C=O) groups is 2. The van der Waals surface area contributed by atoms with Crippen LogP contribution in [0.5, 0.6) is 5.75 Å². The van der Waals surface area contributed by atoms with Gasteiger partial charge in [0.25, 0.3) is 5.91 Å². The van der Waals surface area contributed by atoms with E-state index in [-0.39, 0.29) is 24.2 Å². The lowest BCUT2D eigenvalue weighted by molar-refractivity contribution is -0.131. The molecule has 3 atom stereocenters. The van der Waals surface area contributed by atoms with E-state index in [1.807, 2.05) is 67.0 Å². The van der Waals surface area contributed by atoms with Crippen LogP contribution in [-0.2, 0) is 10.3 Å². The monoisotopic (exact) mass is 416 g/mol. The summed E-state index contributed by atoms with van der Waals surface area (Å²) in [7, 11) is 1.95. The lowest BCUT2D eigenvalue weighted by Gasteiger charge is -2.47. The zero-order chi connectivity index (χ0) is 20.5. The molecule has 0 bridgehead atoms. The Balaban J connectivity index is 1.68. The van der Waals surface area contributed by atoms with Gasteiger partial charge in [0.2, 0.25) is 0 Å². The smallest absolute Gasteiger partial charge is 0.250 e. The van der Waals surface area contributed by atoms with Crippen LogP contribution in [0, 0.1) is 5.41 Å². The highest BCUT2D eigenvalue weighted by Crippen LogP contribution is 2.64. The minimum Gasteiger partial charge on any atom is -0.492 e. The number of Topliss-reactive ketones (excluding diaryl/α,β-unsaturated/α-hetero) is 1. The molecule has 150 valence electrons. The molecular formula is C24H20N2O3S. The third-order valence-electron chi connectivity index (χ3n) is 7.04. The van der Waals surface area contributed by atoms with Gasteiger partial charge in [0.1, 0.15) is 23.3 Å². The van der Waals surface area contributed by atoms with Crippen LogP contribution in [0.15, 0.2) is 66.0 Å². The standard InChI is InChI=1S/C24H20N2O3S/c1-26-13-17(20-11-6-12-30-20)23(14-29-19-10-5-2-7-15(19)21(23)27)24(26)16-8-3-4-9-18(16)25-22(24)28/h2-12,17H,13-14H2,1H3,(H,25,28)/t17-,23-,24-/m0/s1. The number of rotatable bonds is 1. The summed E-state index contributed by atoms with van der Waals surface area (Å²) < 4.78 is 6.24. The van der Waals surface area contributed by atoms with Crippen molar-refractivity contribution in [2.45, 2.75) is 11.5 Å². The minimum absolute atomic E-state index is 0.0149. The molecule has 6 rings (SSSR count). The molecule has 30 heavy (non-hydrogen) atoms. The van der Waals surface area contributed by atoms with E-state index in [9.17, 15) is 9.59 Å². The van der Waals surface area contributed by atoms with Crippen molar-refractivity contribution in [3.8, 4) is 5.75 Å². The van der Waals surface area contributed by atoms with Crippen molar-refractivity contribution in [2.24, 2.45) is 5.41 Å². The zero-order valence-corrected chi connectivity index (χ0v) is 17.2. The molecular weight excluding hydrogens is 396 g/mol. The number of carbonyl (C=O) groups excluding carboxylic acids is 2. The summed E-state index contributed by atoms with van der Waals surface area (Å²) >= 11 is 1.63. The Kier molecular flexibility index (Phi) is 3.59. The Hall–Kier alpha value is -2.96. The normalized spacial score (nSPS) is 29.7. The first kappa shape index (κ1) is 17.9. The van der Waals surface area contributed by atoms with Crippen LogP contribution >= 0.6 is 11.3 Å². The number of thiophene rings is 1. The molecule has 5 nitrogen and oxygen atoms in total. The number of benzene rings is 2. The van der Waals surface area contributed by atoms with Crippen molar-refractivity contribution in [3.63, 3.8) is 0 Å². The van der Waals surface area contributed by atoms with E-state index in [1.54, 1.807) is 11.3 Å². The molecule has 0 radical (unpaired) electrons. The summed E-state index contributed by atoms with van der Waals surface area (Å²) in [6.45, 7) is 0.761. The molecule has 2 spiro atoms. The van der Waals surface area contributed by atoms with Gasteiger partial charge in [0, 0.05) is 28.6 Å². The van der Waals surface area contributed by atoms with E-state index in [4.69, 9.17) is 4.74 Å². The van der Waals surface area contributed by atoms with Crippen molar-refractivity contribution < 1.29 is 14.3 Å². The number of ether oxygens (including phenoxy) is 1. The number of hydrogen-bond acceptors (Lipinski definition) is 5. The van der Waals surface area contributed by atoms with Gasteiger partial charge in [-0.3, -0.25) is 14.5 Å². The van der Waals surface area contributed by atoms with E-state index in [2.05, 4.69) is 16.3 Å². The quantitative estimate of drug-likeness (QED) is 0.654. The predicted octanol–water partition coefficient (Wildman–Crippen LogP) is 3.89. The van der Waals surface area contributed by atoms with Gasteiger partial charge in [-0.15, -0.1) is 11.3 Å². The van der Waals surface area contributed by atoms with Gasteiger partial charge < -0.3 is 10.1 Å². The Morgan fingerprint density at radius 2 is 1.87 bits per heavy atom. The minimum atomic E-state index is -1.12. The first-order chi connectivity index (χ1) is 14.6. The van der Waals surface area contributed by atoms with E-state index < -0.39 is 11.0 Å². The van der Waals surface area contributed by atoms with Gasteiger partial charge in [-0.1, -0.05) is 36.4 Å². The molecule has 1 fully saturated rings. The molecule has 1 saturated heterocycles. The highest BCUT2D eigenvalue weighted by molar-refractivity contribution is 7.10. The maximum atomic E-state index is 14.3. The summed E-state index contributed by atoms with van der Waals surface area (Å²) in [6, 6.07) is 19.2. The van der Waals surface area contributed by atoms with E-state index in [1.165, 1.54) is 0 Å². The van der Waals surface area contributed by atoms with Crippen molar-refractivity contribution in [3.05, 3.63) is 82.0 Å². The summed E-state index contributed by atoms with van der Waals surface area (Å²) in [5.74, 6) is 0.273. The number of likely N-dealkylation sites (N-methyl/N-ethyl adjacent to an activating group) is 1. The summed E-state index contributed by atoms with van der Waals surface area (Å²) in [5.41, 5.74) is -0.00203. The van der Waals surface area contributed by atoms with Crippen LogP contribution in [0.1, 0.15) is 26.7 Å². The van der Waals surface area contributed by atoms with Gasteiger partial charge in [-0.05, 0) is 36.7 Å². The molecule has 4 heterocycles. The third-order valence-corrected chi connectivity index (χ3v) is 8.03. The number of para-hydroxylation sites is 2. The Morgan fingerprint density at radius 3 is 2.70 bits per heavy atom. The van der Waals surface area contributed by atoms with Crippen LogP contribution < -0.4 is 10.1 Å². The second-order valence-corrected chi connectivity index (χ2v) is 9.22. The number of amides is 1. The van der Waals surface area contributed by atoms with Crippen molar-refractivity contribution in [1.29, 1.82) is 0 Å². The Bertz CT molecular complexity index is 1190.